The molecule has 31 heavy (non-hydrogen) atoms. The van der Waals surface area contributed by atoms with Crippen LogP contribution in [0, 0.1) is 0 Å². The lowest BCUT2D eigenvalue weighted by Crippen LogP contribution is -2.25. The molecule has 0 bridgehead atoms. The van der Waals surface area contributed by atoms with Gasteiger partial charge in [-0.1, -0.05) is 60.1 Å². The molecule has 160 valence electrons. The highest BCUT2D eigenvalue weighted by Gasteiger charge is 2.22. The molecule has 0 aromatic heterocycles. The van der Waals surface area contributed by atoms with Crippen LogP contribution >= 0.6 is 11.6 Å². The van der Waals surface area contributed by atoms with Crippen LogP contribution in [0.5, 0.6) is 0 Å². The van der Waals surface area contributed by atoms with Crippen LogP contribution in [0.25, 0.3) is 0 Å². The highest BCUT2D eigenvalue weighted by molar-refractivity contribution is 7.89. The number of ketones is 1. The number of esters is 1. The molecule has 0 amide bonds. The zero-order chi connectivity index (χ0) is 22.4. The average molecular weight is 458 g/mol. The van der Waals surface area contributed by atoms with Crippen molar-refractivity contribution in [1.82, 2.24) is 4.72 Å². The van der Waals surface area contributed by atoms with Gasteiger partial charge in [0.05, 0.1) is 10.5 Å². The number of rotatable bonds is 8. The van der Waals surface area contributed by atoms with Crippen molar-refractivity contribution < 1.29 is 22.7 Å². The predicted molar refractivity (Wildman–Crippen MR) is 118 cm³/mol. The van der Waals surface area contributed by atoms with E-state index in [-0.39, 0.29) is 17.0 Å². The van der Waals surface area contributed by atoms with E-state index in [2.05, 4.69) is 4.72 Å². The van der Waals surface area contributed by atoms with E-state index in [0.717, 1.165) is 5.56 Å². The lowest BCUT2D eigenvalue weighted by atomic mass is 10.1. The SMILES string of the molecule is CC(OC(=O)c1cccc(S(=O)(=O)NCc2ccccc2)c1)C(=O)c1cccc(Cl)c1. The van der Waals surface area contributed by atoms with Crippen LogP contribution < -0.4 is 4.72 Å². The molecule has 0 aliphatic rings. The fourth-order valence-electron chi connectivity index (χ4n) is 2.81. The maximum absolute atomic E-state index is 12.6. The van der Waals surface area contributed by atoms with Crippen LogP contribution in [-0.4, -0.2) is 26.3 Å². The summed E-state index contributed by atoms with van der Waals surface area (Å²) in [5.41, 5.74) is 1.14. The van der Waals surface area contributed by atoms with Crippen molar-refractivity contribution >= 4 is 33.4 Å². The van der Waals surface area contributed by atoms with Gasteiger partial charge in [-0.05, 0) is 42.8 Å². The minimum atomic E-state index is -3.85. The minimum Gasteiger partial charge on any atom is -0.451 e. The van der Waals surface area contributed by atoms with E-state index < -0.39 is 27.9 Å². The molecule has 0 aliphatic heterocycles. The minimum absolute atomic E-state index is 0.0216. The van der Waals surface area contributed by atoms with E-state index in [1.54, 1.807) is 30.3 Å². The number of nitrogens with one attached hydrogen (secondary N) is 1. The molecule has 3 rings (SSSR count). The molecule has 6 nitrogen and oxygen atoms in total. The Morgan fingerprint density at radius 2 is 1.61 bits per heavy atom. The van der Waals surface area contributed by atoms with E-state index in [9.17, 15) is 18.0 Å². The second-order valence-corrected chi connectivity index (χ2v) is 8.96. The van der Waals surface area contributed by atoms with Crippen LogP contribution in [-0.2, 0) is 21.3 Å². The molecule has 1 atom stereocenters. The van der Waals surface area contributed by atoms with Gasteiger partial charge in [0.25, 0.3) is 0 Å². The van der Waals surface area contributed by atoms with Crippen molar-refractivity contribution in [3.8, 4) is 0 Å². The van der Waals surface area contributed by atoms with Gasteiger partial charge in [-0.2, -0.15) is 0 Å². The fraction of sp³-hybridized carbons (Fsp3) is 0.130. The molecule has 1 N–H and O–H groups in total. The van der Waals surface area contributed by atoms with Crippen LogP contribution in [0.3, 0.4) is 0 Å². The third-order valence-corrected chi connectivity index (χ3v) is 6.09. The fourth-order valence-corrected chi connectivity index (χ4v) is 4.06. The second-order valence-electron chi connectivity index (χ2n) is 6.76. The van der Waals surface area contributed by atoms with Gasteiger partial charge in [-0.3, -0.25) is 4.79 Å². The Morgan fingerprint density at radius 1 is 0.935 bits per heavy atom. The van der Waals surface area contributed by atoms with Crippen molar-refractivity contribution in [2.24, 2.45) is 0 Å². The average Bonchev–Trinajstić information content (AvgIpc) is 2.78. The second kappa shape index (κ2) is 9.87. The number of carbonyl (C=O) groups is 2. The van der Waals surface area contributed by atoms with E-state index in [4.69, 9.17) is 16.3 Å². The largest absolute Gasteiger partial charge is 0.451 e. The Hall–Kier alpha value is -3.00. The number of Topliss-reactive ketones (excluding diaryl/α,β-unsaturated/α-hetero) is 1. The quantitative estimate of drug-likeness (QED) is 0.403. The van der Waals surface area contributed by atoms with Gasteiger partial charge in [-0.25, -0.2) is 17.9 Å². The topological polar surface area (TPSA) is 89.5 Å². The molecule has 0 radical (unpaired) electrons. The Kier molecular flexibility index (Phi) is 7.22. The summed E-state index contributed by atoms with van der Waals surface area (Å²) in [6, 6.07) is 20.8. The summed E-state index contributed by atoms with van der Waals surface area (Å²) < 4.78 is 32.9. The Morgan fingerprint density at radius 3 is 2.32 bits per heavy atom. The molecule has 0 heterocycles. The zero-order valence-electron chi connectivity index (χ0n) is 16.6. The summed E-state index contributed by atoms with van der Waals surface area (Å²) in [6.07, 6.45) is -1.07. The normalized spacial score (nSPS) is 12.2. The Bertz CT molecular complexity index is 1200. The van der Waals surface area contributed by atoms with E-state index in [1.165, 1.54) is 37.3 Å². The Balaban J connectivity index is 1.70. The first-order chi connectivity index (χ1) is 14.8. The molecule has 0 spiro atoms. The molecule has 1 unspecified atom stereocenters. The van der Waals surface area contributed by atoms with Crippen LogP contribution in [0.1, 0.15) is 33.2 Å². The van der Waals surface area contributed by atoms with Gasteiger partial charge >= 0.3 is 5.97 Å². The van der Waals surface area contributed by atoms with Crippen molar-refractivity contribution in [2.75, 3.05) is 0 Å². The van der Waals surface area contributed by atoms with Gasteiger partial charge in [-0.15, -0.1) is 0 Å². The van der Waals surface area contributed by atoms with Crippen molar-refractivity contribution in [1.29, 1.82) is 0 Å². The number of hydrogen-bond acceptors (Lipinski definition) is 5. The molecule has 3 aromatic carbocycles. The van der Waals surface area contributed by atoms with Crippen LogP contribution in [0.15, 0.2) is 83.8 Å². The smallest absolute Gasteiger partial charge is 0.338 e. The maximum Gasteiger partial charge on any atom is 0.338 e. The lowest BCUT2D eigenvalue weighted by molar-refractivity contribution is 0.0318. The van der Waals surface area contributed by atoms with E-state index >= 15 is 0 Å². The molecular formula is C23H20ClNO5S. The molecule has 3 aromatic rings. The summed E-state index contributed by atoms with van der Waals surface area (Å²) in [4.78, 5) is 24.9. The first-order valence-corrected chi connectivity index (χ1v) is 11.3. The Labute approximate surface area is 185 Å². The summed E-state index contributed by atoms with van der Waals surface area (Å²) in [6.45, 7) is 1.56. The van der Waals surface area contributed by atoms with Gasteiger partial charge in [0, 0.05) is 17.1 Å². The predicted octanol–water partition coefficient (Wildman–Crippen LogP) is 4.25. The molecule has 0 aliphatic carbocycles. The number of hydrogen-bond donors (Lipinski definition) is 1. The van der Waals surface area contributed by atoms with Crippen LogP contribution in [0.4, 0.5) is 0 Å². The highest BCUT2D eigenvalue weighted by Crippen LogP contribution is 2.17. The van der Waals surface area contributed by atoms with Crippen LogP contribution in [0.2, 0.25) is 5.02 Å². The first-order valence-electron chi connectivity index (χ1n) is 9.41. The van der Waals surface area contributed by atoms with Crippen molar-refractivity contribution in [3.63, 3.8) is 0 Å². The van der Waals surface area contributed by atoms with Gasteiger partial charge < -0.3 is 4.74 Å². The highest BCUT2D eigenvalue weighted by atomic mass is 35.5. The van der Waals surface area contributed by atoms with Gasteiger partial charge in [0.15, 0.2) is 6.10 Å². The number of sulfonamides is 1. The number of halogens is 1. The summed E-state index contributed by atoms with van der Waals surface area (Å²) >= 11 is 5.90. The third-order valence-electron chi connectivity index (χ3n) is 4.45. The molecular weight excluding hydrogens is 438 g/mol. The third kappa shape index (κ3) is 6.01. The summed E-state index contributed by atoms with van der Waals surface area (Å²) in [5, 5.41) is 0.394. The maximum atomic E-state index is 12.6. The monoisotopic (exact) mass is 457 g/mol. The lowest BCUT2D eigenvalue weighted by Gasteiger charge is -2.13. The first kappa shape index (κ1) is 22.7. The summed E-state index contributed by atoms with van der Waals surface area (Å²) in [7, 11) is -3.85. The molecule has 0 saturated carbocycles. The van der Waals surface area contributed by atoms with Crippen molar-refractivity contribution in [3.05, 3.63) is 101 Å². The van der Waals surface area contributed by atoms with Crippen molar-refractivity contribution in [2.45, 2.75) is 24.5 Å². The zero-order valence-corrected chi connectivity index (χ0v) is 18.2. The molecule has 8 heteroatoms. The summed E-state index contributed by atoms with van der Waals surface area (Å²) in [5.74, 6) is -1.22. The standard InChI is InChI=1S/C23H20ClNO5S/c1-16(22(26)18-9-5-11-20(24)13-18)30-23(27)19-10-6-12-21(14-19)31(28,29)25-15-17-7-3-2-4-8-17/h2-14,16,25H,15H2,1H3. The van der Waals surface area contributed by atoms with Gasteiger partial charge in [0.2, 0.25) is 15.8 Å². The molecule has 0 saturated heterocycles. The van der Waals surface area contributed by atoms with E-state index in [1.807, 2.05) is 18.2 Å². The van der Waals surface area contributed by atoms with E-state index in [0.29, 0.717) is 10.6 Å². The number of ether oxygens (including phenoxy) is 1. The van der Waals surface area contributed by atoms with Gasteiger partial charge in [0.1, 0.15) is 0 Å². The molecule has 0 fully saturated rings. The number of benzene rings is 3. The number of carbonyl (C=O) groups excluding carboxylic acids is 2.